The molecule has 98 valence electrons. The molecule has 0 amide bonds. The number of nitrogens with one attached hydrogen (secondary N) is 1. The van der Waals surface area contributed by atoms with Crippen molar-refractivity contribution >= 4 is 9.84 Å². The summed E-state index contributed by atoms with van der Waals surface area (Å²) < 4.78 is 24.1. The van der Waals surface area contributed by atoms with E-state index < -0.39 is 14.6 Å². The van der Waals surface area contributed by atoms with Crippen LogP contribution in [0.25, 0.3) is 0 Å². The topological polar surface area (TPSA) is 64.0 Å². The number of hydrogen-bond acceptors (Lipinski definition) is 4. The van der Waals surface area contributed by atoms with E-state index in [1.54, 1.807) is 24.7 Å². The van der Waals surface area contributed by atoms with Crippen LogP contribution >= 0.6 is 0 Å². The molecule has 0 radical (unpaired) electrons. The predicted octanol–water partition coefficient (Wildman–Crippen LogP) is 0.641. The Morgan fingerprint density at radius 3 is 2.47 bits per heavy atom. The third-order valence-corrected chi connectivity index (χ3v) is 5.36. The number of aryl methyl sites for hydroxylation is 1. The van der Waals surface area contributed by atoms with Crippen LogP contribution in [0.15, 0.2) is 6.20 Å². The third-order valence-electron chi connectivity index (χ3n) is 3.21. The molecule has 0 saturated heterocycles. The van der Waals surface area contributed by atoms with Crippen molar-refractivity contribution in [1.29, 1.82) is 0 Å². The smallest absolute Gasteiger partial charge is 0.153 e. The summed E-state index contributed by atoms with van der Waals surface area (Å²) in [6.45, 7) is 6.52. The maximum atomic E-state index is 11.5. The molecule has 0 saturated carbocycles. The van der Waals surface area contributed by atoms with Gasteiger partial charge in [-0.3, -0.25) is 4.68 Å². The van der Waals surface area contributed by atoms with Gasteiger partial charge in [-0.1, -0.05) is 0 Å². The van der Waals surface area contributed by atoms with Gasteiger partial charge in [0, 0.05) is 37.7 Å². The highest BCUT2D eigenvalue weighted by molar-refractivity contribution is 7.92. The van der Waals surface area contributed by atoms with E-state index in [-0.39, 0.29) is 0 Å². The second-order valence-electron chi connectivity index (χ2n) is 5.01. The van der Waals surface area contributed by atoms with Gasteiger partial charge in [0.05, 0.1) is 10.9 Å². The number of aromatic nitrogens is 2. The number of rotatable bonds is 5. The van der Waals surface area contributed by atoms with Crippen molar-refractivity contribution in [2.24, 2.45) is 7.05 Å². The Kier molecular flexibility index (Phi) is 3.99. The lowest BCUT2D eigenvalue weighted by Crippen LogP contribution is -2.41. The van der Waals surface area contributed by atoms with Crippen molar-refractivity contribution < 1.29 is 8.42 Å². The number of hydrogen-bond donors (Lipinski definition) is 1. The molecule has 0 unspecified atom stereocenters. The van der Waals surface area contributed by atoms with Crippen LogP contribution < -0.4 is 5.32 Å². The second kappa shape index (κ2) is 4.78. The molecule has 6 heteroatoms. The molecule has 17 heavy (non-hydrogen) atoms. The summed E-state index contributed by atoms with van der Waals surface area (Å²) in [7, 11) is -1.16. The second-order valence-corrected chi connectivity index (χ2v) is 7.66. The lowest BCUT2D eigenvalue weighted by atomic mass is 10.2. The Morgan fingerprint density at radius 2 is 2.06 bits per heavy atom. The van der Waals surface area contributed by atoms with E-state index in [1.807, 2.05) is 14.0 Å². The first-order valence-corrected chi connectivity index (χ1v) is 7.42. The average Bonchev–Trinajstić information content (AvgIpc) is 2.47. The molecule has 0 spiro atoms. The number of nitrogens with zero attached hydrogens (tertiary/aromatic N) is 2. The molecule has 1 heterocycles. The molecule has 0 aliphatic heterocycles. The first kappa shape index (κ1) is 14.2. The minimum absolute atomic E-state index is 0.431. The highest BCUT2D eigenvalue weighted by atomic mass is 32.2. The highest BCUT2D eigenvalue weighted by Gasteiger charge is 2.29. The van der Waals surface area contributed by atoms with Crippen LogP contribution in [0.5, 0.6) is 0 Å². The lowest BCUT2D eigenvalue weighted by Gasteiger charge is -2.22. The third kappa shape index (κ3) is 3.29. The van der Waals surface area contributed by atoms with Gasteiger partial charge in [0.1, 0.15) is 0 Å². The molecule has 0 bridgehead atoms. The molecular formula is C11H21N3O2S. The van der Waals surface area contributed by atoms with Crippen molar-refractivity contribution in [1.82, 2.24) is 15.1 Å². The first-order valence-electron chi connectivity index (χ1n) is 5.53. The molecule has 1 aromatic rings. The monoisotopic (exact) mass is 259 g/mol. The molecule has 1 N–H and O–H groups in total. The van der Waals surface area contributed by atoms with E-state index in [0.717, 1.165) is 11.3 Å². The minimum atomic E-state index is -3.05. The van der Waals surface area contributed by atoms with E-state index in [0.29, 0.717) is 13.1 Å². The summed E-state index contributed by atoms with van der Waals surface area (Å²) in [4.78, 5) is 0. The summed E-state index contributed by atoms with van der Waals surface area (Å²) in [6.07, 6.45) is 3.07. The van der Waals surface area contributed by atoms with Gasteiger partial charge in [-0.15, -0.1) is 0 Å². The van der Waals surface area contributed by atoms with Crippen LogP contribution in [-0.4, -0.2) is 35.7 Å². The maximum Gasteiger partial charge on any atom is 0.153 e. The molecule has 5 nitrogen and oxygen atoms in total. The quantitative estimate of drug-likeness (QED) is 0.843. The van der Waals surface area contributed by atoms with Gasteiger partial charge in [0.15, 0.2) is 9.84 Å². The van der Waals surface area contributed by atoms with Crippen molar-refractivity contribution in [2.45, 2.75) is 32.1 Å². The van der Waals surface area contributed by atoms with E-state index in [4.69, 9.17) is 0 Å². The van der Waals surface area contributed by atoms with Crippen LogP contribution in [0, 0.1) is 6.92 Å². The van der Waals surface area contributed by atoms with Crippen molar-refractivity contribution in [3.05, 3.63) is 17.5 Å². The van der Waals surface area contributed by atoms with Crippen molar-refractivity contribution in [3.8, 4) is 0 Å². The van der Waals surface area contributed by atoms with Gasteiger partial charge in [-0.25, -0.2) is 8.42 Å². The zero-order chi connectivity index (χ0) is 13.3. The predicted molar refractivity (Wildman–Crippen MR) is 68.6 cm³/mol. The first-order chi connectivity index (χ1) is 7.65. The zero-order valence-corrected chi connectivity index (χ0v) is 11.9. The summed E-state index contributed by atoms with van der Waals surface area (Å²) in [5.41, 5.74) is 2.19. The highest BCUT2D eigenvalue weighted by Crippen LogP contribution is 2.14. The molecule has 0 aliphatic carbocycles. The molecule has 1 rings (SSSR count). The van der Waals surface area contributed by atoms with Gasteiger partial charge in [0.2, 0.25) is 0 Å². The largest absolute Gasteiger partial charge is 0.311 e. The minimum Gasteiger partial charge on any atom is -0.311 e. The molecule has 0 aliphatic rings. The SMILES string of the molecule is Cc1c(CNCC(C)(C)S(C)(=O)=O)cnn1C. The summed E-state index contributed by atoms with van der Waals surface area (Å²) >= 11 is 0. The molecule has 1 aromatic heterocycles. The lowest BCUT2D eigenvalue weighted by molar-refractivity contribution is 0.521. The van der Waals surface area contributed by atoms with Gasteiger partial charge >= 0.3 is 0 Å². The Bertz CT molecular complexity index is 489. The Balaban J connectivity index is 2.57. The van der Waals surface area contributed by atoms with Gasteiger partial charge in [0.25, 0.3) is 0 Å². The van der Waals surface area contributed by atoms with Gasteiger partial charge in [-0.05, 0) is 20.8 Å². The summed E-state index contributed by atoms with van der Waals surface area (Å²) in [5.74, 6) is 0. The van der Waals surface area contributed by atoms with Gasteiger partial charge < -0.3 is 5.32 Å². The molecule has 0 aromatic carbocycles. The standard InChI is InChI=1S/C11H21N3O2S/c1-9-10(7-13-14(9)4)6-12-8-11(2,3)17(5,15)16/h7,12H,6,8H2,1-5H3. The van der Waals surface area contributed by atoms with Crippen molar-refractivity contribution in [2.75, 3.05) is 12.8 Å². The van der Waals surface area contributed by atoms with Crippen LogP contribution in [0.3, 0.4) is 0 Å². The Morgan fingerprint density at radius 1 is 1.47 bits per heavy atom. The van der Waals surface area contributed by atoms with E-state index in [2.05, 4.69) is 10.4 Å². The fourth-order valence-corrected chi connectivity index (χ4v) is 1.71. The van der Waals surface area contributed by atoms with E-state index in [9.17, 15) is 8.42 Å². The van der Waals surface area contributed by atoms with E-state index >= 15 is 0 Å². The van der Waals surface area contributed by atoms with Crippen LogP contribution in [0.4, 0.5) is 0 Å². The molecule has 0 fully saturated rings. The van der Waals surface area contributed by atoms with Crippen LogP contribution in [0.1, 0.15) is 25.1 Å². The number of sulfone groups is 1. The fraction of sp³-hybridized carbons (Fsp3) is 0.727. The normalized spacial score (nSPS) is 13.0. The van der Waals surface area contributed by atoms with Crippen LogP contribution in [0.2, 0.25) is 0 Å². The summed E-state index contributed by atoms with van der Waals surface area (Å²) in [5, 5.41) is 7.31. The van der Waals surface area contributed by atoms with Gasteiger partial charge in [-0.2, -0.15) is 5.10 Å². The summed E-state index contributed by atoms with van der Waals surface area (Å²) in [6, 6.07) is 0. The van der Waals surface area contributed by atoms with Crippen molar-refractivity contribution in [3.63, 3.8) is 0 Å². The zero-order valence-electron chi connectivity index (χ0n) is 11.1. The Hall–Kier alpha value is -0.880. The molecule has 0 atom stereocenters. The molecular weight excluding hydrogens is 238 g/mol. The van der Waals surface area contributed by atoms with Crippen LogP contribution in [-0.2, 0) is 23.4 Å². The average molecular weight is 259 g/mol. The maximum absolute atomic E-state index is 11.5. The fourth-order valence-electron chi connectivity index (χ4n) is 1.35. The van der Waals surface area contributed by atoms with E-state index in [1.165, 1.54) is 6.26 Å². The Labute approximate surface area is 103 Å².